The van der Waals surface area contributed by atoms with Crippen LogP contribution in [0.25, 0.3) is 0 Å². The molecule has 0 aromatic heterocycles. The van der Waals surface area contributed by atoms with Crippen molar-refractivity contribution in [1.82, 2.24) is 0 Å². The fraction of sp³-hybridized carbons (Fsp3) is 0.870. The van der Waals surface area contributed by atoms with E-state index in [1.807, 2.05) is 0 Å². The SMILES string of the molecule is CCCCCC1(CC[C@H]2C(O)C[C@H](O)[C@@H]2CC=CCCCC(=O)OC)OCCO1. The number of esters is 1. The molecule has 1 saturated carbocycles. The zero-order chi connectivity index (χ0) is 21.1. The van der Waals surface area contributed by atoms with E-state index in [9.17, 15) is 15.0 Å². The molecule has 29 heavy (non-hydrogen) atoms. The Bertz CT molecular complexity index is 500. The summed E-state index contributed by atoms with van der Waals surface area (Å²) in [6.45, 7) is 3.46. The summed E-state index contributed by atoms with van der Waals surface area (Å²) in [6.07, 6.45) is 12.3. The zero-order valence-electron chi connectivity index (χ0n) is 18.2. The van der Waals surface area contributed by atoms with Crippen LogP contribution in [0.15, 0.2) is 12.2 Å². The quantitative estimate of drug-likeness (QED) is 0.272. The molecule has 1 aliphatic heterocycles. The molecular weight excluding hydrogens is 372 g/mol. The number of carbonyl (C=O) groups excluding carboxylic acids is 1. The molecule has 1 unspecified atom stereocenters. The number of allylic oxidation sites excluding steroid dienone is 2. The van der Waals surface area contributed by atoms with Crippen LogP contribution in [-0.4, -0.2) is 54.5 Å². The predicted octanol–water partition coefficient (Wildman–Crippen LogP) is 3.74. The Morgan fingerprint density at radius 2 is 1.79 bits per heavy atom. The van der Waals surface area contributed by atoms with Gasteiger partial charge in [0.25, 0.3) is 0 Å². The normalized spacial score (nSPS) is 29.0. The van der Waals surface area contributed by atoms with E-state index in [4.69, 9.17) is 9.47 Å². The van der Waals surface area contributed by atoms with Crippen molar-refractivity contribution >= 4 is 5.97 Å². The van der Waals surface area contributed by atoms with Crippen molar-refractivity contribution in [3.63, 3.8) is 0 Å². The van der Waals surface area contributed by atoms with Crippen LogP contribution < -0.4 is 0 Å². The van der Waals surface area contributed by atoms with E-state index < -0.39 is 18.0 Å². The lowest BCUT2D eigenvalue weighted by Gasteiger charge is -2.31. The monoisotopic (exact) mass is 412 g/mol. The van der Waals surface area contributed by atoms with Crippen molar-refractivity contribution in [3.8, 4) is 0 Å². The minimum atomic E-state index is -0.503. The molecule has 2 aliphatic rings. The lowest BCUT2D eigenvalue weighted by molar-refractivity contribution is -0.171. The van der Waals surface area contributed by atoms with Crippen LogP contribution in [-0.2, 0) is 19.0 Å². The summed E-state index contributed by atoms with van der Waals surface area (Å²) >= 11 is 0. The first-order valence-corrected chi connectivity index (χ1v) is 11.4. The number of carbonyl (C=O) groups is 1. The van der Waals surface area contributed by atoms with Crippen LogP contribution in [0.2, 0.25) is 0 Å². The number of methoxy groups -OCH3 is 1. The summed E-state index contributed by atoms with van der Waals surface area (Å²) in [5, 5.41) is 21.0. The number of hydrogen-bond acceptors (Lipinski definition) is 6. The fourth-order valence-electron chi connectivity index (χ4n) is 4.69. The summed E-state index contributed by atoms with van der Waals surface area (Å²) in [7, 11) is 1.40. The van der Waals surface area contributed by atoms with Gasteiger partial charge < -0.3 is 24.4 Å². The van der Waals surface area contributed by atoms with Gasteiger partial charge in [0.05, 0.1) is 32.5 Å². The first kappa shape index (κ1) is 24.3. The molecule has 0 aromatic carbocycles. The van der Waals surface area contributed by atoms with E-state index in [2.05, 4.69) is 23.8 Å². The Balaban J connectivity index is 1.82. The van der Waals surface area contributed by atoms with Crippen molar-refractivity contribution in [2.24, 2.45) is 11.8 Å². The van der Waals surface area contributed by atoms with Crippen LogP contribution in [0, 0.1) is 11.8 Å². The van der Waals surface area contributed by atoms with Crippen molar-refractivity contribution < 1.29 is 29.2 Å². The molecule has 0 spiro atoms. The van der Waals surface area contributed by atoms with Gasteiger partial charge in [-0.1, -0.05) is 31.9 Å². The second-order valence-corrected chi connectivity index (χ2v) is 8.48. The Morgan fingerprint density at radius 3 is 2.48 bits per heavy atom. The highest BCUT2D eigenvalue weighted by Gasteiger charge is 2.43. The smallest absolute Gasteiger partial charge is 0.305 e. The summed E-state index contributed by atoms with van der Waals surface area (Å²) in [5.41, 5.74) is 0. The predicted molar refractivity (Wildman–Crippen MR) is 111 cm³/mol. The highest BCUT2D eigenvalue weighted by molar-refractivity contribution is 5.69. The van der Waals surface area contributed by atoms with Crippen molar-refractivity contribution in [1.29, 1.82) is 0 Å². The molecule has 1 heterocycles. The number of ether oxygens (including phenoxy) is 3. The van der Waals surface area contributed by atoms with Gasteiger partial charge in [0.15, 0.2) is 5.79 Å². The second-order valence-electron chi connectivity index (χ2n) is 8.48. The molecule has 0 bridgehead atoms. The van der Waals surface area contributed by atoms with Gasteiger partial charge in [0.2, 0.25) is 0 Å². The van der Waals surface area contributed by atoms with E-state index >= 15 is 0 Å². The van der Waals surface area contributed by atoms with E-state index in [-0.39, 0.29) is 17.8 Å². The van der Waals surface area contributed by atoms with E-state index in [0.29, 0.717) is 26.1 Å². The van der Waals surface area contributed by atoms with E-state index in [1.54, 1.807) is 0 Å². The van der Waals surface area contributed by atoms with Gasteiger partial charge in [-0.2, -0.15) is 0 Å². The highest BCUT2D eigenvalue weighted by atomic mass is 16.7. The lowest BCUT2D eigenvalue weighted by atomic mass is 9.85. The summed E-state index contributed by atoms with van der Waals surface area (Å²) in [4.78, 5) is 11.1. The van der Waals surface area contributed by atoms with Crippen LogP contribution in [0.5, 0.6) is 0 Å². The van der Waals surface area contributed by atoms with Crippen LogP contribution in [0.1, 0.15) is 77.6 Å². The van der Waals surface area contributed by atoms with Crippen LogP contribution in [0.4, 0.5) is 0 Å². The third kappa shape index (κ3) is 7.67. The van der Waals surface area contributed by atoms with Gasteiger partial charge in [-0.15, -0.1) is 0 Å². The van der Waals surface area contributed by atoms with Crippen molar-refractivity contribution in [3.05, 3.63) is 12.2 Å². The Hall–Kier alpha value is -0.950. The van der Waals surface area contributed by atoms with Gasteiger partial charge in [-0.05, 0) is 50.4 Å². The fourth-order valence-corrected chi connectivity index (χ4v) is 4.69. The molecule has 1 saturated heterocycles. The largest absolute Gasteiger partial charge is 0.469 e. The molecule has 4 atom stereocenters. The molecule has 6 heteroatoms. The highest BCUT2D eigenvalue weighted by Crippen LogP contribution is 2.41. The molecule has 0 radical (unpaired) electrons. The number of aliphatic hydroxyl groups is 2. The van der Waals surface area contributed by atoms with Crippen molar-refractivity contribution in [2.45, 2.75) is 95.5 Å². The van der Waals surface area contributed by atoms with E-state index in [0.717, 1.165) is 51.4 Å². The molecule has 2 N–H and O–H groups in total. The number of unbranched alkanes of at least 4 members (excludes halogenated alkanes) is 3. The van der Waals surface area contributed by atoms with Gasteiger partial charge >= 0.3 is 5.97 Å². The zero-order valence-corrected chi connectivity index (χ0v) is 18.2. The van der Waals surface area contributed by atoms with Crippen LogP contribution in [0.3, 0.4) is 0 Å². The Kier molecular flexibility index (Phi) is 10.6. The van der Waals surface area contributed by atoms with Gasteiger partial charge in [-0.25, -0.2) is 0 Å². The number of rotatable bonds is 13. The first-order chi connectivity index (χ1) is 14.0. The van der Waals surface area contributed by atoms with Gasteiger partial charge in [0.1, 0.15) is 0 Å². The summed E-state index contributed by atoms with van der Waals surface area (Å²) < 4.78 is 16.6. The molecule has 0 aromatic rings. The van der Waals surface area contributed by atoms with E-state index in [1.165, 1.54) is 13.5 Å². The average molecular weight is 413 g/mol. The topological polar surface area (TPSA) is 85.2 Å². The molecule has 1 aliphatic carbocycles. The Labute approximate surface area is 175 Å². The summed E-state index contributed by atoms with van der Waals surface area (Å²) in [5.74, 6) is -0.579. The van der Waals surface area contributed by atoms with Gasteiger partial charge in [0, 0.05) is 19.3 Å². The number of hydrogen-bond donors (Lipinski definition) is 2. The molecule has 6 nitrogen and oxygen atoms in total. The standard InChI is InChI=1S/C23H40O6/c1-3-4-9-13-23(28-15-16-29-23)14-12-19-18(20(24)17-21(19)25)10-7-5-6-8-11-22(26)27-2/h5,7,18-21,24-25H,3-4,6,8-17H2,1-2H3/t18-,19-,20+,21?/m1/s1. The maximum atomic E-state index is 11.1. The third-order valence-electron chi connectivity index (χ3n) is 6.41. The molecule has 0 amide bonds. The maximum Gasteiger partial charge on any atom is 0.305 e. The third-order valence-corrected chi connectivity index (χ3v) is 6.41. The van der Waals surface area contributed by atoms with Crippen LogP contribution >= 0.6 is 0 Å². The number of aliphatic hydroxyl groups excluding tert-OH is 2. The minimum absolute atomic E-state index is 0.0518. The van der Waals surface area contributed by atoms with Gasteiger partial charge in [-0.3, -0.25) is 4.79 Å². The molecule has 2 fully saturated rings. The first-order valence-electron chi connectivity index (χ1n) is 11.4. The summed E-state index contributed by atoms with van der Waals surface area (Å²) in [6, 6.07) is 0. The molecule has 2 rings (SSSR count). The second kappa shape index (κ2) is 12.7. The Morgan fingerprint density at radius 1 is 1.07 bits per heavy atom. The molecule has 168 valence electrons. The maximum absolute atomic E-state index is 11.1. The average Bonchev–Trinajstić information content (AvgIpc) is 3.27. The minimum Gasteiger partial charge on any atom is -0.469 e. The molecular formula is C23H40O6. The lowest BCUT2D eigenvalue weighted by Crippen LogP contribution is -2.33. The van der Waals surface area contributed by atoms with Crippen molar-refractivity contribution in [2.75, 3.05) is 20.3 Å².